The van der Waals surface area contributed by atoms with Crippen LogP contribution >= 0.6 is 0 Å². The van der Waals surface area contributed by atoms with Crippen molar-refractivity contribution in [2.75, 3.05) is 11.1 Å². The lowest BCUT2D eigenvalue weighted by Crippen LogP contribution is -2.11. The van der Waals surface area contributed by atoms with Crippen LogP contribution in [0.4, 0.5) is 11.4 Å². The molecule has 0 unspecified atom stereocenters. The molecule has 0 spiro atoms. The first-order valence-electron chi connectivity index (χ1n) is 6.77. The average molecular weight is 275 g/mol. The summed E-state index contributed by atoms with van der Waals surface area (Å²) in [6.07, 6.45) is 1.81. The Morgan fingerprint density at radius 3 is 2.90 bits per heavy atom. The van der Waals surface area contributed by atoms with E-state index in [0.29, 0.717) is 18.0 Å². The average Bonchev–Trinajstić information content (AvgIpc) is 2.86. The lowest BCUT2D eigenvalue weighted by atomic mass is 10.2. The van der Waals surface area contributed by atoms with Gasteiger partial charge in [-0.25, -0.2) is 0 Å². The van der Waals surface area contributed by atoms with Gasteiger partial charge in [-0.2, -0.15) is 0 Å². The molecule has 0 bridgehead atoms. The van der Waals surface area contributed by atoms with Crippen LogP contribution in [0.15, 0.2) is 24.5 Å². The number of para-hydroxylation sites is 1. The molecule has 0 aliphatic heterocycles. The summed E-state index contributed by atoms with van der Waals surface area (Å²) in [4.78, 5) is 0. The largest absolute Gasteiger partial charge is 0.489 e. The van der Waals surface area contributed by atoms with Crippen LogP contribution in [0.5, 0.6) is 5.75 Å². The molecule has 0 saturated carbocycles. The van der Waals surface area contributed by atoms with E-state index >= 15 is 0 Å². The van der Waals surface area contributed by atoms with Gasteiger partial charge in [0.2, 0.25) is 0 Å². The normalized spacial score (nSPS) is 10.8. The Morgan fingerprint density at radius 2 is 2.20 bits per heavy atom. The molecule has 6 heteroatoms. The Kier molecular flexibility index (Phi) is 4.45. The second-order valence-electron chi connectivity index (χ2n) is 4.77. The molecule has 0 fully saturated rings. The van der Waals surface area contributed by atoms with E-state index in [9.17, 15) is 0 Å². The second-order valence-corrected chi connectivity index (χ2v) is 4.77. The summed E-state index contributed by atoms with van der Waals surface area (Å²) in [5.74, 6) is 1.57. The summed E-state index contributed by atoms with van der Waals surface area (Å²) in [7, 11) is 0. The van der Waals surface area contributed by atoms with Crippen LogP contribution < -0.4 is 15.8 Å². The fourth-order valence-corrected chi connectivity index (χ4v) is 1.91. The number of anilines is 2. The standard InChI is InChI=1S/C14H21N5O/c1-4-19-9-17-18-13(19)8-16-11-6-5-7-12(14(11)15)20-10(2)3/h5-7,9-10,16H,4,8,15H2,1-3H3. The van der Waals surface area contributed by atoms with E-state index in [0.717, 1.165) is 18.1 Å². The minimum atomic E-state index is 0.0933. The molecule has 0 atom stereocenters. The van der Waals surface area contributed by atoms with Crippen molar-refractivity contribution in [3.8, 4) is 5.75 Å². The lowest BCUT2D eigenvalue weighted by Gasteiger charge is -2.15. The van der Waals surface area contributed by atoms with E-state index in [1.54, 1.807) is 6.33 Å². The van der Waals surface area contributed by atoms with Crippen molar-refractivity contribution in [1.29, 1.82) is 0 Å². The lowest BCUT2D eigenvalue weighted by molar-refractivity contribution is 0.244. The molecule has 2 rings (SSSR count). The van der Waals surface area contributed by atoms with Crippen LogP contribution in [0.1, 0.15) is 26.6 Å². The molecule has 3 N–H and O–H groups in total. The Balaban J connectivity index is 2.10. The van der Waals surface area contributed by atoms with E-state index in [2.05, 4.69) is 22.4 Å². The van der Waals surface area contributed by atoms with Crippen LogP contribution in [0, 0.1) is 0 Å². The molecular formula is C14H21N5O. The summed E-state index contributed by atoms with van der Waals surface area (Å²) in [6, 6.07) is 5.71. The van der Waals surface area contributed by atoms with Crippen LogP contribution in [-0.4, -0.2) is 20.9 Å². The number of aryl methyl sites for hydroxylation is 1. The number of nitrogen functional groups attached to an aromatic ring is 1. The smallest absolute Gasteiger partial charge is 0.152 e. The third-order valence-electron chi connectivity index (χ3n) is 2.90. The number of nitrogens with one attached hydrogen (secondary N) is 1. The van der Waals surface area contributed by atoms with Gasteiger partial charge in [-0.3, -0.25) is 0 Å². The number of rotatable bonds is 6. The molecule has 0 amide bonds. The number of aromatic nitrogens is 3. The summed E-state index contributed by atoms with van der Waals surface area (Å²) >= 11 is 0. The van der Waals surface area contributed by atoms with Gasteiger partial charge >= 0.3 is 0 Å². The van der Waals surface area contributed by atoms with E-state index in [1.807, 2.05) is 36.6 Å². The molecule has 6 nitrogen and oxygen atoms in total. The Morgan fingerprint density at radius 1 is 1.40 bits per heavy atom. The fourth-order valence-electron chi connectivity index (χ4n) is 1.91. The maximum absolute atomic E-state index is 6.11. The zero-order chi connectivity index (χ0) is 14.5. The second kappa shape index (κ2) is 6.27. The third-order valence-corrected chi connectivity index (χ3v) is 2.90. The van der Waals surface area contributed by atoms with E-state index in [-0.39, 0.29) is 6.10 Å². The van der Waals surface area contributed by atoms with Gasteiger partial charge in [0, 0.05) is 6.54 Å². The molecule has 1 aromatic heterocycles. The maximum atomic E-state index is 6.11. The third kappa shape index (κ3) is 3.20. The molecule has 1 aromatic carbocycles. The summed E-state index contributed by atoms with van der Waals surface area (Å²) in [5, 5.41) is 11.3. The minimum Gasteiger partial charge on any atom is -0.489 e. The molecule has 20 heavy (non-hydrogen) atoms. The minimum absolute atomic E-state index is 0.0933. The highest BCUT2D eigenvalue weighted by molar-refractivity contribution is 5.72. The highest BCUT2D eigenvalue weighted by Gasteiger charge is 2.09. The molecule has 0 aliphatic carbocycles. The van der Waals surface area contributed by atoms with Crippen LogP contribution in [0.2, 0.25) is 0 Å². The molecule has 0 radical (unpaired) electrons. The van der Waals surface area contributed by atoms with Crippen molar-refractivity contribution >= 4 is 11.4 Å². The van der Waals surface area contributed by atoms with Crippen molar-refractivity contribution in [2.24, 2.45) is 0 Å². The molecular weight excluding hydrogens is 254 g/mol. The molecule has 1 heterocycles. The van der Waals surface area contributed by atoms with Crippen molar-refractivity contribution in [3.63, 3.8) is 0 Å². The van der Waals surface area contributed by atoms with E-state index in [4.69, 9.17) is 10.5 Å². The van der Waals surface area contributed by atoms with Crippen LogP contribution in [0.25, 0.3) is 0 Å². The summed E-state index contributed by atoms with van der Waals surface area (Å²) < 4.78 is 7.65. The first-order valence-corrected chi connectivity index (χ1v) is 6.77. The van der Waals surface area contributed by atoms with E-state index in [1.165, 1.54) is 0 Å². The molecule has 2 aromatic rings. The zero-order valence-corrected chi connectivity index (χ0v) is 12.1. The Hall–Kier alpha value is -2.24. The topological polar surface area (TPSA) is 78.0 Å². The highest BCUT2D eigenvalue weighted by Crippen LogP contribution is 2.30. The predicted octanol–water partition coefficient (Wildman–Crippen LogP) is 2.28. The predicted molar refractivity (Wildman–Crippen MR) is 79.6 cm³/mol. The van der Waals surface area contributed by atoms with Crippen molar-refractivity contribution in [3.05, 3.63) is 30.4 Å². The summed E-state index contributed by atoms with van der Waals surface area (Å²) in [5.41, 5.74) is 7.57. The van der Waals surface area contributed by atoms with Crippen molar-refractivity contribution in [2.45, 2.75) is 40.0 Å². The van der Waals surface area contributed by atoms with Gasteiger partial charge in [0.25, 0.3) is 0 Å². The van der Waals surface area contributed by atoms with Gasteiger partial charge in [0.05, 0.1) is 24.0 Å². The number of nitrogens with zero attached hydrogens (tertiary/aromatic N) is 3. The summed E-state index contributed by atoms with van der Waals surface area (Å²) in [6.45, 7) is 7.42. The zero-order valence-electron chi connectivity index (χ0n) is 12.1. The molecule has 0 saturated heterocycles. The number of ether oxygens (including phenoxy) is 1. The quantitative estimate of drug-likeness (QED) is 0.791. The first kappa shape index (κ1) is 14.2. The SMILES string of the molecule is CCn1cnnc1CNc1cccc(OC(C)C)c1N. The number of hydrogen-bond donors (Lipinski definition) is 2. The van der Waals surface area contributed by atoms with Crippen LogP contribution in [0.3, 0.4) is 0 Å². The number of benzene rings is 1. The Bertz CT molecular complexity index is 564. The molecule has 108 valence electrons. The molecule has 0 aliphatic rings. The van der Waals surface area contributed by atoms with Crippen LogP contribution in [-0.2, 0) is 13.1 Å². The highest BCUT2D eigenvalue weighted by atomic mass is 16.5. The number of nitrogens with two attached hydrogens (primary N) is 1. The fraction of sp³-hybridized carbons (Fsp3) is 0.429. The van der Waals surface area contributed by atoms with Crippen molar-refractivity contribution in [1.82, 2.24) is 14.8 Å². The Labute approximate surface area is 119 Å². The van der Waals surface area contributed by atoms with Gasteiger partial charge in [0.15, 0.2) is 5.82 Å². The van der Waals surface area contributed by atoms with E-state index < -0.39 is 0 Å². The van der Waals surface area contributed by atoms with Gasteiger partial charge in [-0.15, -0.1) is 10.2 Å². The van der Waals surface area contributed by atoms with Crippen molar-refractivity contribution < 1.29 is 4.74 Å². The van der Waals surface area contributed by atoms with Gasteiger partial charge in [0.1, 0.15) is 12.1 Å². The van der Waals surface area contributed by atoms with Gasteiger partial charge in [-0.1, -0.05) is 6.07 Å². The monoisotopic (exact) mass is 275 g/mol. The first-order chi connectivity index (χ1) is 9.61. The maximum Gasteiger partial charge on any atom is 0.152 e. The van der Waals surface area contributed by atoms with Gasteiger partial charge in [-0.05, 0) is 32.9 Å². The number of hydrogen-bond acceptors (Lipinski definition) is 5. The van der Waals surface area contributed by atoms with Gasteiger partial charge < -0.3 is 20.4 Å².